The molecule has 0 saturated carbocycles. The van der Waals surface area contributed by atoms with E-state index in [1.54, 1.807) is 21.3 Å². The van der Waals surface area contributed by atoms with Gasteiger partial charge in [0.25, 0.3) is 5.91 Å². The predicted octanol–water partition coefficient (Wildman–Crippen LogP) is 4.06. The van der Waals surface area contributed by atoms with Crippen LogP contribution in [-0.2, 0) is 6.54 Å². The molecule has 9 heteroatoms. The Kier molecular flexibility index (Phi) is 9.58. The number of aromatic nitrogens is 1. The number of hydrogen-bond donors (Lipinski definition) is 0. The number of para-hydroxylation sites is 1. The van der Waals surface area contributed by atoms with Crippen LogP contribution in [0.1, 0.15) is 16.1 Å². The number of piperazine rings is 1. The van der Waals surface area contributed by atoms with E-state index in [0.717, 1.165) is 36.1 Å². The Hall–Kier alpha value is -2.74. The van der Waals surface area contributed by atoms with Gasteiger partial charge in [-0.05, 0) is 29.8 Å². The molecular formula is C24H29Cl2N3O4. The summed E-state index contributed by atoms with van der Waals surface area (Å²) < 4.78 is 16.3. The van der Waals surface area contributed by atoms with Crippen LogP contribution < -0.4 is 14.2 Å². The highest BCUT2D eigenvalue weighted by Crippen LogP contribution is 2.38. The van der Waals surface area contributed by atoms with E-state index in [4.69, 9.17) is 14.2 Å². The first-order valence-corrected chi connectivity index (χ1v) is 10.3. The quantitative estimate of drug-likeness (QED) is 0.515. The number of ether oxygens (including phenoxy) is 3. The number of amides is 1. The molecule has 0 bridgehead atoms. The van der Waals surface area contributed by atoms with Crippen molar-refractivity contribution >= 4 is 41.6 Å². The Labute approximate surface area is 206 Å². The zero-order valence-electron chi connectivity index (χ0n) is 18.9. The van der Waals surface area contributed by atoms with Crippen molar-refractivity contribution in [1.29, 1.82) is 0 Å². The highest BCUT2D eigenvalue weighted by atomic mass is 35.5. The molecule has 1 saturated heterocycles. The molecule has 1 aliphatic rings. The number of carbonyl (C=O) groups is 1. The van der Waals surface area contributed by atoms with E-state index < -0.39 is 0 Å². The predicted molar refractivity (Wildman–Crippen MR) is 134 cm³/mol. The molecular weight excluding hydrogens is 465 g/mol. The van der Waals surface area contributed by atoms with Crippen LogP contribution in [0.2, 0.25) is 0 Å². The normalized spacial score (nSPS) is 13.6. The second-order valence-electron chi connectivity index (χ2n) is 7.49. The molecule has 2 heterocycles. The summed E-state index contributed by atoms with van der Waals surface area (Å²) in [4.78, 5) is 21.7. The number of carbonyl (C=O) groups excluding carboxylic acids is 1. The Morgan fingerprint density at radius 1 is 0.879 bits per heavy atom. The summed E-state index contributed by atoms with van der Waals surface area (Å²) in [6.07, 6.45) is 0. The molecule has 33 heavy (non-hydrogen) atoms. The minimum atomic E-state index is -0.0156. The van der Waals surface area contributed by atoms with E-state index in [2.05, 4.69) is 9.88 Å². The lowest BCUT2D eigenvalue weighted by atomic mass is 10.1. The van der Waals surface area contributed by atoms with E-state index >= 15 is 0 Å². The molecule has 3 aromatic rings. The number of rotatable bonds is 6. The lowest BCUT2D eigenvalue weighted by Gasteiger charge is -2.34. The van der Waals surface area contributed by atoms with Gasteiger partial charge in [0.15, 0.2) is 11.5 Å². The number of halogens is 2. The van der Waals surface area contributed by atoms with Gasteiger partial charge in [-0.1, -0.05) is 24.3 Å². The summed E-state index contributed by atoms with van der Waals surface area (Å²) in [5.74, 6) is 1.87. The van der Waals surface area contributed by atoms with Crippen LogP contribution in [0.5, 0.6) is 17.2 Å². The van der Waals surface area contributed by atoms with Gasteiger partial charge >= 0.3 is 0 Å². The van der Waals surface area contributed by atoms with Crippen LogP contribution in [0.25, 0.3) is 10.9 Å². The Morgan fingerprint density at radius 3 is 2.12 bits per heavy atom. The maximum absolute atomic E-state index is 12.9. The highest BCUT2D eigenvalue weighted by Gasteiger charge is 2.24. The second kappa shape index (κ2) is 11.9. The fourth-order valence-electron chi connectivity index (χ4n) is 3.94. The monoisotopic (exact) mass is 493 g/mol. The van der Waals surface area contributed by atoms with Crippen LogP contribution in [0.3, 0.4) is 0 Å². The van der Waals surface area contributed by atoms with Crippen molar-refractivity contribution in [1.82, 2.24) is 14.8 Å². The molecule has 1 amide bonds. The topological polar surface area (TPSA) is 64.1 Å². The summed E-state index contributed by atoms with van der Waals surface area (Å²) in [6.45, 7) is 3.65. The Bertz CT molecular complexity index is 1060. The van der Waals surface area contributed by atoms with Crippen molar-refractivity contribution in [2.75, 3.05) is 47.5 Å². The third kappa shape index (κ3) is 5.79. The smallest absolute Gasteiger partial charge is 0.272 e. The minimum Gasteiger partial charge on any atom is -0.493 e. The van der Waals surface area contributed by atoms with Crippen molar-refractivity contribution in [3.63, 3.8) is 0 Å². The van der Waals surface area contributed by atoms with Crippen molar-refractivity contribution in [2.24, 2.45) is 0 Å². The molecule has 1 aliphatic heterocycles. The number of nitrogens with zero attached hydrogens (tertiary/aromatic N) is 3. The largest absolute Gasteiger partial charge is 0.493 e. The third-order valence-electron chi connectivity index (χ3n) is 5.61. The average molecular weight is 494 g/mol. The van der Waals surface area contributed by atoms with Crippen LogP contribution in [0.15, 0.2) is 48.5 Å². The number of methoxy groups -OCH3 is 3. The Balaban J connectivity index is 0.00000193. The summed E-state index contributed by atoms with van der Waals surface area (Å²) in [5, 5.41) is 1.04. The molecule has 2 aromatic carbocycles. The lowest BCUT2D eigenvalue weighted by Crippen LogP contribution is -2.48. The molecule has 178 valence electrons. The zero-order valence-corrected chi connectivity index (χ0v) is 20.6. The third-order valence-corrected chi connectivity index (χ3v) is 5.61. The highest BCUT2D eigenvalue weighted by molar-refractivity contribution is 5.95. The molecule has 0 N–H and O–H groups in total. The molecule has 1 fully saturated rings. The average Bonchev–Trinajstić information content (AvgIpc) is 2.83. The van der Waals surface area contributed by atoms with Crippen LogP contribution in [-0.4, -0.2) is 68.2 Å². The van der Waals surface area contributed by atoms with Crippen LogP contribution in [0, 0.1) is 0 Å². The number of pyridine rings is 1. The minimum absolute atomic E-state index is 0. The van der Waals surface area contributed by atoms with Crippen molar-refractivity contribution in [3.05, 3.63) is 59.8 Å². The van der Waals surface area contributed by atoms with Gasteiger partial charge in [0.1, 0.15) is 5.69 Å². The number of benzene rings is 2. The fourth-order valence-corrected chi connectivity index (χ4v) is 3.94. The van der Waals surface area contributed by atoms with Gasteiger partial charge in [0, 0.05) is 38.1 Å². The molecule has 0 atom stereocenters. The molecule has 0 aliphatic carbocycles. The van der Waals surface area contributed by atoms with Gasteiger partial charge in [-0.15, -0.1) is 24.8 Å². The van der Waals surface area contributed by atoms with Gasteiger partial charge in [-0.2, -0.15) is 0 Å². The molecule has 4 rings (SSSR count). The SMILES string of the molecule is COc1cc(CN2CCN(C(=O)c3ccc4ccccc4n3)CC2)cc(OC)c1OC.Cl.Cl. The summed E-state index contributed by atoms with van der Waals surface area (Å²) in [6, 6.07) is 15.5. The number of hydrogen-bond acceptors (Lipinski definition) is 6. The maximum atomic E-state index is 12.9. The van der Waals surface area contributed by atoms with E-state index in [9.17, 15) is 4.79 Å². The fraction of sp³-hybridized carbons (Fsp3) is 0.333. The maximum Gasteiger partial charge on any atom is 0.272 e. The van der Waals surface area contributed by atoms with Gasteiger partial charge in [-0.25, -0.2) is 4.98 Å². The van der Waals surface area contributed by atoms with E-state index in [1.165, 1.54) is 0 Å². The van der Waals surface area contributed by atoms with Gasteiger partial charge in [0.2, 0.25) is 5.75 Å². The van der Waals surface area contributed by atoms with Crippen LogP contribution >= 0.6 is 24.8 Å². The lowest BCUT2D eigenvalue weighted by molar-refractivity contribution is 0.0623. The second-order valence-corrected chi connectivity index (χ2v) is 7.49. The first-order chi connectivity index (χ1) is 15.1. The van der Waals surface area contributed by atoms with E-state index in [-0.39, 0.29) is 30.7 Å². The van der Waals surface area contributed by atoms with Crippen LogP contribution in [0.4, 0.5) is 0 Å². The zero-order chi connectivity index (χ0) is 21.8. The van der Waals surface area contributed by atoms with Crippen molar-refractivity contribution < 1.29 is 19.0 Å². The van der Waals surface area contributed by atoms with Crippen molar-refractivity contribution in [3.8, 4) is 17.2 Å². The van der Waals surface area contributed by atoms with E-state index in [0.29, 0.717) is 36.0 Å². The summed E-state index contributed by atoms with van der Waals surface area (Å²) >= 11 is 0. The standard InChI is InChI=1S/C24H27N3O4.2ClH/c1-29-21-14-17(15-22(30-2)23(21)31-3)16-26-10-12-27(13-11-26)24(28)20-9-8-18-6-4-5-7-19(18)25-20;;/h4-9,14-15H,10-13,16H2,1-3H3;2*1H. The molecule has 0 spiro atoms. The van der Waals surface area contributed by atoms with E-state index in [1.807, 2.05) is 53.4 Å². The molecule has 7 nitrogen and oxygen atoms in total. The summed E-state index contributed by atoms with van der Waals surface area (Å²) in [7, 11) is 4.83. The van der Waals surface area contributed by atoms with Gasteiger partial charge in [-0.3, -0.25) is 9.69 Å². The molecule has 1 aromatic heterocycles. The number of fused-ring (bicyclic) bond motifs is 1. The summed E-state index contributed by atoms with van der Waals surface area (Å²) in [5.41, 5.74) is 2.41. The molecule has 0 radical (unpaired) electrons. The first-order valence-electron chi connectivity index (χ1n) is 10.3. The van der Waals surface area contributed by atoms with Gasteiger partial charge < -0.3 is 19.1 Å². The van der Waals surface area contributed by atoms with Gasteiger partial charge in [0.05, 0.1) is 26.8 Å². The Morgan fingerprint density at radius 2 is 1.52 bits per heavy atom. The molecule has 0 unspecified atom stereocenters. The first kappa shape index (κ1) is 26.5. The van der Waals surface area contributed by atoms with Crippen molar-refractivity contribution in [2.45, 2.75) is 6.54 Å².